The van der Waals surface area contributed by atoms with Crippen molar-refractivity contribution in [3.63, 3.8) is 0 Å². The van der Waals surface area contributed by atoms with Crippen molar-refractivity contribution < 1.29 is 5.11 Å². The molecule has 0 amide bonds. The first-order valence-corrected chi connectivity index (χ1v) is 5.80. The van der Waals surface area contributed by atoms with Crippen molar-refractivity contribution in [3.8, 4) is 5.75 Å². The van der Waals surface area contributed by atoms with Gasteiger partial charge in [0.25, 0.3) is 0 Å². The molecule has 1 aromatic carbocycles. The summed E-state index contributed by atoms with van der Waals surface area (Å²) in [5.74, 6) is 2.41. The largest absolute Gasteiger partial charge is 0.506 e. The molecular formula is C8H10N2OS2. The molecule has 1 fully saturated rings. The Morgan fingerprint density at radius 2 is 2.00 bits per heavy atom. The number of anilines is 2. The normalized spacial score (nSPS) is 16.5. The Bertz CT molecular complexity index is 313. The molecule has 1 aliphatic rings. The molecule has 1 aliphatic heterocycles. The zero-order chi connectivity index (χ0) is 9.26. The number of benzene rings is 1. The van der Waals surface area contributed by atoms with E-state index in [1.165, 1.54) is 0 Å². The van der Waals surface area contributed by atoms with Gasteiger partial charge >= 0.3 is 0 Å². The summed E-state index contributed by atoms with van der Waals surface area (Å²) in [4.78, 5) is 0. The number of aromatic hydroxyl groups is 1. The van der Waals surface area contributed by atoms with Crippen LogP contribution in [0.1, 0.15) is 0 Å². The molecule has 1 saturated heterocycles. The smallest absolute Gasteiger partial charge is 0.138 e. The number of phenolic OH excluding ortho intramolecular Hbond substituents is 1. The zero-order valence-electron chi connectivity index (χ0n) is 6.93. The van der Waals surface area contributed by atoms with Gasteiger partial charge in [-0.05, 0) is 42.1 Å². The summed E-state index contributed by atoms with van der Waals surface area (Å²) in [6.07, 6.45) is 0. The average molecular weight is 214 g/mol. The van der Waals surface area contributed by atoms with Gasteiger partial charge in [0.2, 0.25) is 0 Å². The molecule has 0 spiro atoms. The van der Waals surface area contributed by atoms with E-state index in [2.05, 4.69) is 3.71 Å². The third-order valence-electron chi connectivity index (χ3n) is 1.72. The third-order valence-corrected chi connectivity index (χ3v) is 4.28. The van der Waals surface area contributed by atoms with Gasteiger partial charge in [-0.15, -0.1) is 0 Å². The molecule has 1 aromatic rings. The van der Waals surface area contributed by atoms with Crippen LogP contribution in [0.25, 0.3) is 0 Å². The van der Waals surface area contributed by atoms with Crippen molar-refractivity contribution in [2.24, 2.45) is 0 Å². The molecule has 0 aromatic heterocycles. The van der Waals surface area contributed by atoms with Gasteiger partial charge in [0.15, 0.2) is 0 Å². The maximum absolute atomic E-state index is 9.23. The topological polar surface area (TPSA) is 49.5 Å². The lowest BCUT2D eigenvalue weighted by molar-refractivity contribution is 0.478. The summed E-state index contributed by atoms with van der Waals surface area (Å²) in [7, 11) is 0. The number of nitrogens with zero attached hydrogens (tertiary/aromatic N) is 1. The van der Waals surface area contributed by atoms with Crippen molar-refractivity contribution in [3.05, 3.63) is 18.2 Å². The van der Waals surface area contributed by atoms with E-state index in [9.17, 15) is 5.11 Å². The van der Waals surface area contributed by atoms with Crippen LogP contribution in [0.5, 0.6) is 5.75 Å². The van der Waals surface area contributed by atoms with Crippen LogP contribution in [0.15, 0.2) is 18.2 Å². The van der Waals surface area contributed by atoms with Gasteiger partial charge in [0.1, 0.15) is 5.75 Å². The molecular weight excluding hydrogens is 204 g/mol. The lowest BCUT2D eigenvalue weighted by atomic mass is 10.3. The molecule has 0 atom stereocenters. The Kier molecular flexibility index (Phi) is 2.46. The number of hydrogen-bond donors (Lipinski definition) is 2. The highest BCUT2D eigenvalue weighted by atomic mass is 32.2. The first kappa shape index (κ1) is 8.90. The first-order chi connectivity index (χ1) is 6.27. The fraction of sp³-hybridized carbons (Fsp3) is 0.250. The summed E-state index contributed by atoms with van der Waals surface area (Å²) < 4.78 is 2.12. The van der Waals surface area contributed by atoms with Crippen LogP contribution in [0.2, 0.25) is 0 Å². The summed E-state index contributed by atoms with van der Waals surface area (Å²) in [6.45, 7) is 0. The van der Waals surface area contributed by atoms with Crippen molar-refractivity contribution in [1.82, 2.24) is 0 Å². The Balaban J connectivity index is 2.25. The van der Waals surface area contributed by atoms with Gasteiger partial charge in [-0.1, -0.05) is 0 Å². The number of phenols is 1. The number of rotatable bonds is 1. The van der Waals surface area contributed by atoms with Gasteiger partial charge < -0.3 is 10.8 Å². The number of nitrogen functional groups attached to an aromatic ring is 1. The van der Waals surface area contributed by atoms with E-state index < -0.39 is 0 Å². The highest BCUT2D eigenvalue weighted by Crippen LogP contribution is 2.38. The molecule has 5 heteroatoms. The molecule has 13 heavy (non-hydrogen) atoms. The van der Waals surface area contributed by atoms with Crippen molar-refractivity contribution in [1.29, 1.82) is 0 Å². The minimum Gasteiger partial charge on any atom is -0.506 e. The van der Waals surface area contributed by atoms with Crippen molar-refractivity contribution >= 4 is 35.3 Å². The van der Waals surface area contributed by atoms with Crippen LogP contribution in [0.3, 0.4) is 0 Å². The predicted octanol–water partition coefficient (Wildman–Crippen LogP) is 2.09. The average Bonchev–Trinajstić information content (AvgIpc) is 2.62. The molecule has 3 nitrogen and oxygen atoms in total. The molecule has 0 radical (unpaired) electrons. The predicted molar refractivity (Wildman–Crippen MR) is 59.9 cm³/mol. The maximum Gasteiger partial charge on any atom is 0.138 e. The van der Waals surface area contributed by atoms with Crippen LogP contribution >= 0.6 is 23.9 Å². The summed E-state index contributed by atoms with van der Waals surface area (Å²) in [5.41, 5.74) is 7.07. The quantitative estimate of drug-likeness (QED) is 0.426. The van der Waals surface area contributed by atoms with E-state index in [-0.39, 0.29) is 5.75 Å². The van der Waals surface area contributed by atoms with Crippen LogP contribution < -0.4 is 9.44 Å². The molecule has 0 saturated carbocycles. The summed E-state index contributed by atoms with van der Waals surface area (Å²) in [5, 5.41) is 9.23. The second-order valence-corrected chi connectivity index (χ2v) is 4.96. The Hall–Kier alpha value is -0.680. The third kappa shape index (κ3) is 1.81. The second-order valence-electron chi connectivity index (χ2n) is 2.67. The van der Waals surface area contributed by atoms with Crippen LogP contribution in [-0.2, 0) is 0 Å². The lowest BCUT2D eigenvalue weighted by Gasteiger charge is -2.14. The van der Waals surface area contributed by atoms with E-state index in [4.69, 9.17) is 5.73 Å². The highest BCUT2D eigenvalue weighted by Gasteiger charge is 2.15. The maximum atomic E-state index is 9.23. The fourth-order valence-corrected chi connectivity index (χ4v) is 3.28. The van der Waals surface area contributed by atoms with Crippen molar-refractivity contribution in [2.75, 3.05) is 20.9 Å². The van der Waals surface area contributed by atoms with E-state index >= 15 is 0 Å². The highest BCUT2D eigenvalue weighted by molar-refractivity contribution is 8.21. The molecule has 3 N–H and O–H groups in total. The minimum atomic E-state index is 0.151. The molecule has 0 bridgehead atoms. The number of hydrogen-bond acceptors (Lipinski definition) is 5. The van der Waals surface area contributed by atoms with Gasteiger partial charge in [-0.2, -0.15) is 0 Å². The first-order valence-electron chi connectivity index (χ1n) is 3.92. The van der Waals surface area contributed by atoms with Gasteiger partial charge in [0, 0.05) is 11.5 Å². The SMILES string of the molecule is Nc1cc(N2SCCS2)ccc1O. The zero-order valence-corrected chi connectivity index (χ0v) is 8.57. The monoisotopic (exact) mass is 214 g/mol. The molecule has 2 rings (SSSR count). The fourth-order valence-electron chi connectivity index (χ4n) is 1.08. The van der Waals surface area contributed by atoms with E-state index in [1.807, 2.05) is 6.07 Å². The molecule has 1 heterocycles. The Morgan fingerprint density at radius 3 is 2.62 bits per heavy atom. The van der Waals surface area contributed by atoms with Crippen LogP contribution in [0, 0.1) is 0 Å². The van der Waals surface area contributed by atoms with Gasteiger partial charge in [0.05, 0.1) is 11.4 Å². The standard InChI is InChI=1S/C8H10N2OS2/c9-7-5-6(1-2-8(7)11)10-12-3-4-13-10/h1-2,5,11H,3-4,9H2. The Labute approximate surface area is 85.6 Å². The number of nitrogens with two attached hydrogens (primary N) is 1. The van der Waals surface area contributed by atoms with E-state index in [0.717, 1.165) is 17.2 Å². The van der Waals surface area contributed by atoms with Gasteiger partial charge in [-0.3, -0.25) is 3.71 Å². The summed E-state index contributed by atoms with van der Waals surface area (Å²) >= 11 is 3.54. The second kappa shape index (κ2) is 3.59. The molecule has 0 unspecified atom stereocenters. The van der Waals surface area contributed by atoms with E-state index in [0.29, 0.717) is 5.69 Å². The summed E-state index contributed by atoms with van der Waals surface area (Å²) in [6, 6.07) is 5.29. The Morgan fingerprint density at radius 1 is 1.31 bits per heavy atom. The molecule has 70 valence electrons. The van der Waals surface area contributed by atoms with E-state index in [1.54, 1.807) is 36.0 Å². The van der Waals surface area contributed by atoms with Crippen molar-refractivity contribution in [2.45, 2.75) is 0 Å². The van der Waals surface area contributed by atoms with Crippen LogP contribution in [0.4, 0.5) is 11.4 Å². The molecule has 0 aliphatic carbocycles. The van der Waals surface area contributed by atoms with Crippen LogP contribution in [-0.4, -0.2) is 16.6 Å². The van der Waals surface area contributed by atoms with Gasteiger partial charge in [-0.25, -0.2) is 0 Å². The lowest BCUT2D eigenvalue weighted by Crippen LogP contribution is -1.98. The minimum absolute atomic E-state index is 0.151.